The lowest BCUT2D eigenvalue weighted by atomic mass is 10.1. The fraction of sp³-hybridized carbons (Fsp3) is 0.600. The van der Waals surface area contributed by atoms with E-state index in [0.717, 1.165) is 25.4 Å². The second-order valence-corrected chi connectivity index (χ2v) is 5.06. The first-order chi connectivity index (χ1) is 9.33. The second-order valence-electron chi connectivity index (χ2n) is 5.06. The van der Waals surface area contributed by atoms with E-state index in [-0.39, 0.29) is 6.61 Å². The lowest BCUT2D eigenvalue weighted by molar-refractivity contribution is 0.177. The maximum absolute atomic E-state index is 9.22. The Bertz CT molecular complexity index is 378. The third-order valence-electron chi connectivity index (χ3n) is 3.64. The highest BCUT2D eigenvalue weighted by Gasteiger charge is 2.18. The van der Waals surface area contributed by atoms with Gasteiger partial charge in [-0.05, 0) is 25.5 Å². The Morgan fingerprint density at radius 1 is 1.42 bits per heavy atom. The van der Waals surface area contributed by atoms with Crippen LogP contribution in [-0.4, -0.2) is 49.4 Å². The highest BCUT2D eigenvalue weighted by molar-refractivity contribution is 5.33. The first-order valence-electron chi connectivity index (χ1n) is 7.02. The molecule has 1 fully saturated rings. The third kappa shape index (κ3) is 4.20. The average Bonchev–Trinajstić information content (AvgIpc) is 2.92. The standard InChI is InChI=1S/C15H24N2O2/c1-19-15-7-3-2-5-13(15)11-17(9-10-18)12-14-6-4-8-16-14/h2-3,5,7,14,16,18H,4,6,8-12H2,1H3. The highest BCUT2D eigenvalue weighted by Crippen LogP contribution is 2.19. The number of ether oxygens (including phenoxy) is 1. The molecule has 0 aromatic heterocycles. The van der Waals surface area contributed by atoms with Crippen LogP contribution in [0.4, 0.5) is 0 Å². The first-order valence-corrected chi connectivity index (χ1v) is 7.02. The molecule has 19 heavy (non-hydrogen) atoms. The van der Waals surface area contributed by atoms with E-state index in [2.05, 4.69) is 16.3 Å². The van der Waals surface area contributed by atoms with E-state index in [9.17, 15) is 5.11 Å². The summed E-state index contributed by atoms with van der Waals surface area (Å²) in [6.45, 7) is 3.83. The lowest BCUT2D eigenvalue weighted by Gasteiger charge is -2.25. The summed E-state index contributed by atoms with van der Waals surface area (Å²) in [4.78, 5) is 2.29. The molecule has 106 valence electrons. The molecule has 1 aromatic rings. The molecule has 0 amide bonds. The van der Waals surface area contributed by atoms with Crippen LogP contribution in [0.1, 0.15) is 18.4 Å². The number of rotatable bonds is 7. The summed E-state index contributed by atoms with van der Waals surface area (Å²) in [5.41, 5.74) is 1.18. The van der Waals surface area contributed by atoms with Crippen molar-refractivity contribution in [1.82, 2.24) is 10.2 Å². The van der Waals surface area contributed by atoms with Crippen LogP contribution in [0.5, 0.6) is 5.75 Å². The molecule has 1 aliphatic rings. The summed E-state index contributed by atoms with van der Waals surface area (Å²) < 4.78 is 5.39. The third-order valence-corrected chi connectivity index (χ3v) is 3.64. The summed E-state index contributed by atoms with van der Waals surface area (Å²) in [6, 6.07) is 8.65. The van der Waals surface area contributed by atoms with Crippen molar-refractivity contribution >= 4 is 0 Å². The maximum Gasteiger partial charge on any atom is 0.123 e. The van der Waals surface area contributed by atoms with Crippen LogP contribution >= 0.6 is 0 Å². The van der Waals surface area contributed by atoms with E-state index in [0.29, 0.717) is 12.6 Å². The number of benzene rings is 1. The first kappa shape index (κ1) is 14.3. The van der Waals surface area contributed by atoms with Gasteiger partial charge in [-0.3, -0.25) is 4.90 Å². The van der Waals surface area contributed by atoms with Crippen molar-refractivity contribution in [2.45, 2.75) is 25.4 Å². The van der Waals surface area contributed by atoms with Gasteiger partial charge in [0, 0.05) is 31.2 Å². The Kier molecular flexibility index (Phi) is 5.63. The van der Waals surface area contributed by atoms with Gasteiger partial charge in [-0.1, -0.05) is 18.2 Å². The summed E-state index contributed by atoms with van der Waals surface area (Å²) >= 11 is 0. The molecule has 4 heteroatoms. The van der Waals surface area contributed by atoms with Gasteiger partial charge in [-0.25, -0.2) is 0 Å². The molecule has 1 atom stereocenters. The predicted octanol–water partition coefficient (Wildman–Crippen LogP) is 1.24. The van der Waals surface area contributed by atoms with Gasteiger partial charge >= 0.3 is 0 Å². The summed E-state index contributed by atoms with van der Waals surface area (Å²) in [7, 11) is 1.70. The molecule has 2 N–H and O–H groups in total. The number of para-hydroxylation sites is 1. The zero-order valence-electron chi connectivity index (χ0n) is 11.6. The van der Waals surface area contributed by atoms with Gasteiger partial charge in [-0.15, -0.1) is 0 Å². The summed E-state index contributed by atoms with van der Waals surface area (Å²) in [5, 5.41) is 12.7. The Morgan fingerprint density at radius 2 is 2.26 bits per heavy atom. The van der Waals surface area contributed by atoms with Crippen LogP contribution in [0, 0.1) is 0 Å². The van der Waals surface area contributed by atoms with Crippen molar-refractivity contribution in [2.75, 3.05) is 33.4 Å². The molecule has 0 aliphatic carbocycles. The second kappa shape index (κ2) is 7.48. The Morgan fingerprint density at radius 3 is 2.95 bits per heavy atom. The van der Waals surface area contributed by atoms with Crippen molar-refractivity contribution in [3.8, 4) is 5.75 Å². The normalized spacial score (nSPS) is 19.0. The smallest absolute Gasteiger partial charge is 0.123 e. The number of nitrogens with zero attached hydrogens (tertiary/aromatic N) is 1. The number of hydrogen-bond acceptors (Lipinski definition) is 4. The Hall–Kier alpha value is -1.10. The number of aliphatic hydroxyl groups excluding tert-OH is 1. The minimum Gasteiger partial charge on any atom is -0.496 e. The molecule has 0 spiro atoms. The molecule has 1 saturated heterocycles. The van der Waals surface area contributed by atoms with E-state index < -0.39 is 0 Å². The van der Waals surface area contributed by atoms with Gasteiger partial charge in [-0.2, -0.15) is 0 Å². The quantitative estimate of drug-likeness (QED) is 0.778. The summed E-state index contributed by atoms with van der Waals surface area (Å²) in [5.74, 6) is 0.921. The molecule has 4 nitrogen and oxygen atoms in total. The van der Waals surface area contributed by atoms with Crippen LogP contribution in [-0.2, 0) is 6.54 Å². The molecule has 2 rings (SSSR count). The topological polar surface area (TPSA) is 44.7 Å². The van der Waals surface area contributed by atoms with E-state index >= 15 is 0 Å². The van der Waals surface area contributed by atoms with Gasteiger partial charge < -0.3 is 15.2 Å². The van der Waals surface area contributed by atoms with Crippen LogP contribution in [0.25, 0.3) is 0 Å². The number of methoxy groups -OCH3 is 1. The van der Waals surface area contributed by atoms with Crippen LogP contribution in [0.15, 0.2) is 24.3 Å². The molecule has 0 saturated carbocycles. The summed E-state index contributed by atoms with van der Waals surface area (Å²) in [6.07, 6.45) is 2.49. The fourth-order valence-electron chi connectivity index (χ4n) is 2.68. The van der Waals surface area contributed by atoms with Crippen molar-refractivity contribution in [2.24, 2.45) is 0 Å². The molecular weight excluding hydrogens is 240 g/mol. The lowest BCUT2D eigenvalue weighted by Crippen LogP contribution is -2.38. The van der Waals surface area contributed by atoms with Gasteiger partial charge in [0.2, 0.25) is 0 Å². The number of hydrogen-bond donors (Lipinski definition) is 2. The minimum absolute atomic E-state index is 0.196. The molecule has 1 unspecified atom stereocenters. The van der Waals surface area contributed by atoms with Gasteiger partial charge in [0.1, 0.15) is 5.75 Å². The maximum atomic E-state index is 9.22. The zero-order valence-corrected chi connectivity index (χ0v) is 11.6. The SMILES string of the molecule is COc1ccccc1CN(CCO)CC1CCCN1. The molecule has 1 aliphatic heterocycles. The van der Waals surface area contributed by atoms with E-state index in [1.54, 1.807) is 7.11 Å². The van der Waals surface area contributed by atoms with Gasteiger partial charge in [0.05, 0.1) is 13.7 Å². The van der Waals surface area contributed by atoms with Crippen molar-refractivity contribution in [1.29, 1.82) is 0 Å². The highest BCUT2D eigenvalue weighted by atomic mass is 16.5. The largest absolute Gasteiger partial charge is 0.496 e. The predicted molar refractivity (Wildman–Crippen MR) is 76.4 cm³/mol. The number of aliphatic hydroxyl groups is 1. The van der Waals surface area contributed by atoms with Crippen LogP contribution in [0.2, 0.25) is 0 Å². The average molecular weight is 264 g/mol. The van der Waals surface area contributed by atoms with Crippen molar-refractivity contribution in [3.05, 3.63) is 29.8 Å². The van der Waals surface area contributed by atoms with Crippen LogP contribution < -0.4 is 10.1 Å². The van der Waals surface area contributed by atoms with E-state index in [1.165, 1.54) is 18.4 Å². The molecule has 0 bridgehead atoms. The minimum atomic E-state index is 0.196. The van der Waals surface area contributed by atoms with Crippen molar-refractivity contribution < 1.29 is 9.84 Å². The molecular formula is C15H24N2O2. The van der Waals surface area contributed by atoms with E-state index in [4.69, 9.17) is 4.74 Å². The molecule has 1 heterocycles. The van der Waals surface area contributed by atoms with Crippen LogP contribution in [0.3, 0.4) is 0 Å². The molecule has 1 aromatic carbocycles. The number of nitrogens with one attached hydrogen (secondary N) is 1. The van der Waals surface area contributed by atoms with E-state index in [1.807, 2.05) is 18.2 Å². The Balaban J connectivity index is 1.98. The fourth-order valence-corrected chi connectivity index (χ4v) is 2.68. The monoisotopic (exact) mass is 264 g/mol. The zero-order chi connectivity index (χ0) is 13.5. The molecule has 0 radical (unpaired) electrons. The van der Waals surface area contributed by atoms with Crippen molar-refractivity contribution in [3.63, 3.8) is 0 Å². The van der Waals surface area contributed by atoms with Gasteiger partial charge in [0.25, 0.3) is 0 Å². The van der Waals surface area contributed by atoms with Gasteiger partial charge in [0.15, 0.2) is 0 Å². The Labute approximate surface area is 115 Å².